The Morgan fingerprint density at radius 1 is 1.17 bits per heavy atom. The van der Waals surface area contributed by atoms with Crippen LogP contribution in [0.5, 0.6) is 11.5 Å². The molecule has 23 heavy (non-hydrogen) atoms. The fourth-order valence-electron chi connectivity index (χ4n) is 2.00. The van der Waals surface area contributed by atoms with Gasteiger partial charge in [0.15, 0.2) is 11.5 Å². The van der Waals surface area contributed by atoms with Gasteiger partial charge in [0.05, 0.1) is 22.5 Å². The van der Waals surface area contributed by atoms with Crippen LogP contribution in [0.1, 0.15) is 24.2 Å². The first kappa shape index (κ1) is 17.5. The van der Waals surface area contributed by atoms with Crippen molar-refractivity contribution in [2.45, 2.75) is 13.8 Å². The summed E-state index contributed by atoms with van der Waals surface area (Å²) in [5.74, 6) is 0.223. The lowest BCUT2D eigenvalue weighted by Crippen LogP contribution is -2.14. The Morgan fingerprint density at radius 2 is 1.87 bits per heavy atom. The van der Waals surface area contributed by atoms with E-state index in [0.29, 0.717) is 30.3 Å². The summed E-state index contributed by atoms with van der Waals surface area (Å²) in [6, 6.07) is 9.32. The van der Waals surface area contributed by atoms with E-state index in [1.807, 2.05) is 13.8 Å². The molecule has 122 valence electrons. The standard InChI is InChI=1S/C17H17FINO3/c1-3-22-15-10-11(9-13(19)16(15)23-4-2)17(21)20-14-8-6-5-7-12(14)18/h5-10H,3-4H2,1-2H3,(H,20,21). The number of hydrogen-bond donors (Lipinski definition) is 1. The fraction of sp³-hybridized carbons (Fsp3) is 0.235. The molecule has 6 heteroatoms. The van der Waals surface area contributed by atoms with Gasteiger partial charge in [0.1, 0.15) is 5.82 Å². The second-order valence-electron chi connectivity index (χ2n) is 4.59. The molecule has 2 rings (SSSR count). The quantitative estimate of drug-likeness (QED) is 0.689. The van der Waals surface area contributed by atoms with Crippen molar-refractivity contribution in [1.82, 2.24) is 0 Å². The van der Waals surface area contributed by atoms with Gasteiger partial charge in [-0.25, -0.2) is 4.39 Å². The first-order valence-corrected chi connectivity index (χ1v) is 8.29. The van der Waals surface area contributed by atoms with Crippen LogP contribution in [0.4, 0.5) is 10.1 Å². The lowest BCUT2D eigenvalue weighted by molar-refractivity contribution is 0.102. The third kappa shape index (κ3) is 4.34. The van der Waals surface area contributed by atoms with E-state index in [1.165, 1.54) is 12.1 Å². The zero-order valence-corrected chi connectivity index (χ0v) is 15.0. The highest BCUT2D eigenvalue weighted by Gasteiger charge is 2.16. The van der Waals surface area contributed by atoms with E-state index < -0.39 is 11.7 Å². The number of rotatable bonds is 6. The number of carbonyl (C=O) groups is 1. The van der Waals surface area contributed by atoms with E-state index in [2.05, 4.69) is 27.9 Å². The molecule has 0 saturated carbocycles. The third-order valence-corrected chi connectivity index (χ3v) is 3.78. The molecule has 0 radical (unpaired) electrons. The van der Waals surface area contributed by atoms with Gasteiger partial charge in [0, 0.05) is 5.56 Å². The summed E-state index contributed by atoms with van der Waals surface area (Å²) >= 11 is 2.09. The smallest absolute Gasteiger partial charge is 0.255 e. The summed E-state index contributed by atoms with van der Waals surface area (Å²) in [6.45, 7) is 4.69. The Kier molecular flexibility index (Phi) is 6.20. The van der Waals surface area contributed by atoms with Crippen molar-refractivity contribution in [3.05, 3.63) is 51.3 Å². The van der Waals surface area contributed by atoms with E-state index in [-0.39, 0.29) is 5.69 Å². The molecule has 0 bridgehead atoms. The molecule has 0 heterocycles. The number of nitrogens with one attached hydrogen (secondary N) is 1. The molecule has 0 aliphatic heterocycles. The normalized spacial score (nSPS) is 10.3. The minimum atomic E-state index is -0.480. The van der Waals surface area contributed by atoms with Gasteiger partial charge in [-0.3, -0.25) is 4.79 Å². The maximum atomic E-state index is 13.6. The Morgan fingerprint density at radius 3 is 2.52 bits per heavy atom. The summed E-state index contributed by atoms with van der Waals surface area (Å²) in [5.41, 5.74) is 0.518. The van der Waals surface area contributed by atoms with Crippen LogP contribution in [-0.4, -0.2) is 19.1 Å². The van der Waals surface area contributed by atoms with Gasteiger partial charge in [-0.2, -0.15) is 0 Å². The Hall–Kier alpha value is -1.83. The largest absolute Gasteiger partial charge is 0.490 e. The van der Waals surface area contributed by atoms with Gasteiger partial charge in [-0.1, -0.05) is 12.1 Å². The summed E-state index contributed by atoms with van der Waals surface area (Å²) in [7, 11) is 0. The fourth-order valence-corrected chi connectivity index (χ4v) is 2.76. The van der Waals surface area contributed by atoms with Gasteiger partial charge >= 0.3 is 0 Å². The predicted molar refractivity (Wildman–Crippen MR) is 95.9 cm³/mol. The van der Waals surface area contributed by atoms with Crippen molar-refractivity contribution in [2.24, 2.45) is 0 Å². The van der Waals surface area contributed by atoms with Gasteiger partial charge in [0.2, 0.25) is 0 Å². The van der Waals surface area contributed by atoms with Crippen molar-refractivity contribution < 1.29 is 18.7 Å². The predicted octanol–water partition coefficient (Wildman–Crippen LogP) is 4.48. The highest BCUT2D eigenvalue weighted by molar-refractivity contribution is 14.1. The SMILES string of the molecule is CCOc1cc(C(=O)Nc2ccccc2F)cc(I)c1OCC. The molecule has 1 amide bonds. The number of para-hydroxylation sites is 1. The maximum absolute atomic E-state index is 13.6. The number of anilines is 1. The van der Waals surface area contributed by atoms with E-state index in [9.17, 15) is 9.18 Å². The van der Waals surface area contributed by atoms with Crippen molar-refractivity contribution in [1.29, 1.82) is 0 Å². The molecule has 0 fully saturated rings. The Labute approximate surface area is 148 Å². The molecular formula is C17H17FINO3. The minimum Gasteiger partial charge on any atom is -0.490 e. The van der Waals surface area contributed by atoms with Crippen LogP contribution in [0.15, 0.2) is 36.4 Å². The second-order valence-corrected chi connectivity index (χ2v) is 5.75. The first-order valence-electron chi connectivity index (χ1n) is 7.21. The van der Waals surface area contributed by atoms with Crippen LogP contribution in [0.2, 0.25) is 0 Å². The highest BCUT2D eigenvalue weighted by atomic mass is 127. The molecule has 0 atom stereocenters. The average Bonchev–Trinajstić information content (AvgIpc) is 2.53. The van der Waals surface area contributed by atoms with E-state index in [0.717, 1.165) is 3.57 Å². The van der Waals surface area contributed by atoms with Crippen LogP contribution in [-0.2, 0) is 0 Å². The van der Waals surface area contributed by atoms with Gasteiger partial charge in [0.25, 0.3) is 5.91 Å². The minimum absolute atomic E-state index is 0.138. The number of hydrogen-bond acceptors (Lipinski definition) is 3. The van der Waals surface area contributed by atoms with Crippen LogP contribution in [0, 0.1) is 9.39 Å². The van der Waals surface area contributed by atoms with Crippen LogP contribution in [0.3, 0.4) is 0 Å². The van der Waals surface area contributed by atoms with Gasteiger partial charge in [-0.05, 0) is 60.7 Å². The molecule has 0 spiro atoms. The maximum Gasteiger partial charge on any atom is 0.255 e. The number of halogens is 2. The molecule has 0 saturated heterocycles. The molecular weight excluding hydrogens is 412 g/mol. The monoisotopic (exact) mass is 429 g/mol. The molecule has 0 unspecified atom stereocenters. The molecule has 0 aliphatic rings. The lowest BCUT2D eigenvalue weighted by atomic mass is 10.1. The van der Waals surface area contributed by atoms with Gasteiger partial charge in [-0.15, -0.1) is 0 Å². The van der Waals surface area contributed by atoms with Crippen LogP contribution < -0.4 is 14.8 Å². The molecule has 0 aliphatic carbocycles. The summed E-state index contributed by atoms with van der Waals surface area (Å²) in [6.07, 6.45) is 0. The van der Waals surface area contributed by atoms with E-state index in [1.54, 1.807) is 24.3 Å². The number of carbonyl (C=O) groups excluding carboxylic acids is 1. The van der Waals surface area contributed by atoms with Crippen molar-refractivity contribution in [3.63, 3.8) is 0 Å². The van der Waals surface area contributed by atoms with E-state index in [4.69, 9.17) is 9.47 Å². The molecule has 0 aromatic heterocycles. The second kappa shape index (κ2) is 8.14. The first-order chi connectivity index (χ1) is 11.1. The van der Waals surface area contributed by atoms with Gasteiger partial charge < -0.3 is 14.8 Å². The average molecular weight is 429 g/mol. The van der Waals surface area contributed by atoms with Crippen LogP contribution >= 0.6 is 22.6 Å². The summed E-state index contributed by atoms with van der Waals surface area (Å²) in [5, 5.41) is 2.56. The molecule has 2 aromatic rings. The molecule has 2 aromatic carbocycles. The van der Waals surface area contributed by atoms with Crippen LogP contribution in [0.25, 0.3) is 0 Å². The zero-order chi connectivity index (χ0) is 16.8. The Balaban J connectivity index is 2.31. The van der Waals surface area contributed by atoms with Crippen molar-refractivity contribution in [2.75, 3.05) is 18.5 Å². The Bertz CT molecular complexity index is 706. The van der Waals surface area contributed by atoms with Crippen molar-refractivity contribution in [3.8, 4) is 11.5 Å². The molecule has 1 N–H and O–H groups in total. The topological polar surface area (TPSA) is 47.6 Å². The van der Waals surface area contributed by atoms with E-state index >= 15 is 0 Å². The zero-order valence-electron chi connectivity index (χ0n) is 12.9. The highest BCUT2D eigenvalue weighted by Crippen LogP contribution is 2.34. The molecule has 4 nitrogen and oxygen atoms in total. The summed E-state index contributed by atoms with van der Waals surface area (Å²) in [4.78, 5) is 12.4. The third-order valence-electron chi connectivity index (χ3n) is 2.98. The van der Waals surface area contributed by atoms with Crippen molar-refractivity contribution >= 4 is 34.2 Å². The number of amides is 1. The number of benzene rings is 2. The number of ether oxygens (including phenoxy) is 2. The summed E-state index contributed by atoms with van der Waals surface area (Å²) < 4.78 is 25.5. The lowest BCUT2D eigenvalue weighted by Gasteiger charge is -2.14.